The van der Waals surface area contributed by atoms with Crippen LogP contribution in [0, 0.1) is 19.8 Å². The summed E-state index contributed by atoms with van der Waals surface area (Å²) in [6, 6.07) is 3.64. The van der Waals surface area contributed by atoms with E-state index in [4.69, 9.17) is 11.6 Å². The van der Waals surface area contributed by atoms with E-state index >= 15 is 0 Å². The van der Waals surface area contributed by atoms with Crippen LogP contribution in [-0.4, -0.2) is 22.8 Å². The lowest BCUT2D eigenvalue weighted by atomic mass is 10.1. The van der Waals surface area contributed by atoms with Crippen molar-refractivity contribution >= 4 is 17.5 Å². The molecule has 0 bridgehead atoms. The highest BCUT2D eigenvalue weighted by atomic mass is 35.5. The van der Waals surface area contributed by atoms with E-state index in [1.165, 1.54) is 0 Å². The minimum absolute atomic E-state index is 0.00938. The predicted molar refractivity (Wildman–Crippen MR) is 70.5 cm³/mol. The first-order valence-corrected chi connectivity index (χ1v) is 6.30. The summed E-state index contributed by atoms with van der Waals surface area (Å²) in [5.74, 6) is 0.631. The molecule has 0 aliphatic carbocycles. The summed E-state index contributed by atoms with van der Waals surface area (Å²) < 4.78 is 0. The minimum atomic E-state index is -0.102. The van der Waals surface area contributed by atoms with E-state index in [9.17, 15) is 4.79 Å². The Balaban J connectivity index is 2.82. The Hall–Kier alpha value is -1.09. The standard InChI is InChI=1S/C13H19ClN2O/c1-8(2)12(7-14)16-13(17)11-6-5-9(3)15-10(11)4/h5-6,8,12H,7H2,1-4H3,(H,16,17). The summed E-state index contributed by atoms with van der Waals surface area (Å²) >= 11 is 5.83. The third kappa shape index (κ3) is 3.70. The van der Waals surface area contributed by atoms with Crippen molar-refractivity contribution in [2.24, 2.45) is 5.92 Å². The Kier molecular flexibility index (Phi) is 4.94. The number of nitrogens with one attached hydrogen (secondary N) is 1. The van der Waals surface area contributed by atoms with Crippen LogP contribution in [0.25, 0.3) is 0 Å². The molecule has 1 amide bonds. The van der Waals surface area contributed by atoms with Crippen LogP contribution in [0.2, 0.25) is 0 Å². The van der Waals surface area contributed by atoms with Gasteiger partial charge in [0.1, 0.15) is 0 Å². The first-order valence-electron chi connectivity index (χ1n) is 5.76. The Morgan fingerprint density at radius 3 is 2.53 bits per heavy atom. The zero-order chi connectivity index (χ0) is 13.0. The number of aromatic nitrogens is 1. The minimum Gasteiger partial charge on any atom is -0.348 e. The number of pyridine rings is 1. The van der Waals surface area contributed by atoms with Gasteiger partial charge in [0.25, 0.3) is 5.91 Å². The monoisotopic (exact) mass is 254 g/mol. The molecule has 3 nitrogen and oxygen atoms in total. The van der Waals surface area contributed by atoms with Crippen molar-refractivity contribution in [3.63, 3.8) is 0 Å². The third-order valence-electron chi connectivity index (χ3n) is 2.76. The van der Waals surface area contributed by atoms with E-state index in [2.05, 4.69) is 10.3 Å². The van der Waals surface area contributed by atoms with Crippen molar-refractivity contribution in [2.45, 2.75) is 33.7 Å². The van der Waals surface area contributed by atoms with E-state index < -0.39 is 0 Å². The fourth-order valence-corrected chi connectivity index (χ4v) is 1.99. The van der Waals surface area contributed by atoms with E-state index in [-0.39, 0.29) is 11.9 Å². The van der Waals surface area contributed by atoms with Crippen molar-refractivity contribution < 1.29 is 4.79 Å². The van der Waals surface area contributed by atoms with Gasteiger partial charge < -0.3 is 5.32 Å². The SMILES string of the molecule is Cc1ccc(C(=O)NC(CCl)C(C)C)c(C)n1. The van der Waals surface area contributed by atoms with Crippen LogP contribution in [0.3, 0.4) is 0 Å². The molecule has 0 aromatic carbocycles. The molecule has 0 radical (unpaired) electrons. The number of alkyl halides is 1. The fourth-order valence-electron chi connectivity index (χ4n) is 1.56. The number of amides is 1. The van der Waals surface area contributed by atoms with Crippen molar-refractivity contribution in [2.75, 3.05) is 5.88 Å². The molecule has 0 saturated carbocycles. The second kappa shape index (κ2) is 6.01. The van der Waals surface area contributed by atoms with Crippen LogP contribution in [0.1, 0.15) is 35.6 Å². The quantitative estimate of drug-likeness (QED) is 0.840. The summed E-state index contributed by atoms with van der Waals surface area (Å²) in [5.41, 5.74) is 2.28. The van der Waals surface area contributed by atoms with Gasteiger partial charge >= 0.3 is 0 Å². The summed E-state index contributed by atoms with van der Waals surface area (Å²) in [5, 5.41) is 2.93. The van der Waals surface area contributed by atoms with Crippen LogP contribution < -0.4 is 5.32 Å². The molecule has 1 heterocycles. The molecule has 1 unspecified atom stereocenters. The molecule has 0 spiro atoms. The average Bonchev–Trinajstić information content (AvgIpc) is 2.24. The van der Waals surface area contributed by atoms with Crippen molar-refractivity contribution in [1.82, 2.24) is 10.3 Å². The Morgan fingerprint density at radius 2 is 2.06 bits per heavy atom. The molecule has 4 heteroatoms. The second-order valence-electron chi connectivity index (χ2n) is 4.56. The molecule has 0 saturated heterocycles. The first-order chi connectivity index (χ1) is 7.95. The van der Waals surface area contributed by atoms with Gasteiger partial charge in [0.15, 0.2) is 0 Å². The van der Waals surface area contributed by atoms with Gasteiger partial charge in [0.2, 0.25) is 0 Å². The highest BCUT2D eigenvalue weighted by molar-refractivity contribution is 6.18. The van der Waals surface area contributed by atoms with Gasteiger partial charge in [-0.05, 0) is 31.9 Å². The van der Waals surface area contributed by atoms with Crippen molar-refractivity contribution in [1.29, 1.82) is 0 Å². The molecule has 17 heavy (non-hydrogen) atoms. The zero-order valence-corrected chi connectivity index (χ0v) is 11.5. The maximum atomic E-state index is 12.0. The Bertz CT molecular complexity index is 404. The van der Waals surface area contributed by atoms with Crippen LogP contribution >= 0.6 is 11.6 Å². The second-order valence-corrected chi connectivity index (χ2v) is 4.87. The normalized spacial score (nSPS) is 12.6. The number of rotatable bonds is 4. The fraction of sp³-hybridized carbons (Fsp3) is 0.538. The molecule has 0 aliphatic rings. The molecule has 1 aromatic heterocycles. The number of hydrogen-bond donors (Lipinski definition) is 1. The van der Waals surface area contributed by atoms with Gasteiger partial charge in [-0.25, -0.2) is 0 Å². The first kappa shape index (κ1) is 14.0. The molecular weight excluding hydrogens is 236 g/mol. The maximum absolute atomic E-state index is 12.0. The molecule has 0 fully saturated rings. The summed E-state index contributed by atoms with van der Waals surface area (Å²) in [6.07, 6.45) is 0. The van der Waals surface area contributed by atoms with Gasteiger partial charge in [0.05, 0.1) is 11.3 Å². The highest BCUT2D eigenvalue weighted by Crippen LogP contribution is 2.09. The van der Waals surface area contributed by atoms with Gasteiger partial charge in [-0.2, -0.15) is 0 Å². The molecule has 1 N–H and O–H groups in total. The van der Waals surface area contributed by atoms with Crippen LogP contribution in [0.5, 0.6) is 0 Å². The zero-order valence-electron chi connectivity index (χ0n) is 10.7. The summed E-state index contributed by atoms with van der Waals surface area (Å²) in [7, 11) is 0. The van der Waals surface area contributed by atoms with Crippen LogP contribution in [0.15, 0.2) is 12.1 Å². The summed E-state index contributed by atoms with van der Waals surface area (Å²) in [4.78, 5) is 16.3. The van der Waals surface area contributed by atoms with E-state index in [0.717, 1.165) is 11.4 Å². The molecule has 1 aromatic rings. The molecular formula is C13H19ClN2O. The van der Waals surface area contributed by atoms with Gasteiger partial charge in [-0.3, -0.25) is 9.78 Å². The lowest BCUT2D eigenvalue weighted by Crippen LogP contribution is -2.40. The lowest BCUT2D eigenvalue weighted by molar-refractivity contribution is 0.0930. The molecule has 1 rings (SSSR count). The number of halogens is 1. The molecule has 0 aliphatic heterocycles. The third-order valence-corrected chi connectivity index (χ3v) is 3.09. The van der Waals surface area contributed by atoms with Crippen molar-refractivity contribution in [3.8, 4) is 0 Å². The number of nitrogens with zero attached hydrogens (tertiary/aromatic N) is 1. The number of carbonyl (C=O) groups is 1. The van der Waals surface area contributed by atoms with Gasteiger partial charge in [-0.1, -0.05) is 13.8 Å². The Morgan fingerprint density at radius 1 is 1.41 bits per heavy atom. The van der Waals surface area contributed by atoms with Gasteiger partial charge in [0, 0.05) is 17.6 Å². The number of carbonyl (C=O) groups excluding carboxylic acids is 1. The predicted octanol–water partition coefficient (Wildman–Crippen LogP) is 2.69. The van der Waals surface area contributed by atoms with Crippen molar-refractivity contribution in [3.05, 3.63) is 29.1 Å². The molecule has 94 valence electrons. The summed E-state index contributed by atoms with van der Waals surface area (Å²) in [6.45, 7) is 7.82. The number of hydrogen-bond acceptors (Lipinski definition) is 2. The largest absolute Gasteiger partial charge is 0.348 e. The smallest absolute Gasteiger partial charge is 0.253 e. The maximum Gasteiger partial charge on any atom is 0.253 e. The van der Waals surface area contributed by atoms with Crippen LogP contribution in [0.4, 0.5) is 0 Å². The average molecular weight is 255 g/mol. The van der Waals surface area contributed by atoms with Gasteiger partial charge in [-0.15, -0.1) is 11.6 Å². The molecule has 1 atom stereocenters. The van der Waals surface area contributed by atoms with E-state index in [1.54, 1.807) is 6.07 Å². The van der Waals surface area contributed by atoms with Crippen LogP contribution in [-0.2, 0) is 0 Å². The number of aryl methyl sites for hydroxylation is 2. The Labute approximate surface area is 108 Å². The lowest BCUT2D eigenvalue weighted by Gasteiger charge is -2.20. The van der Waals surface area contributed by atoms with E-state index in [1.807, 2.05) is 33.8 Å². The highest BCUT2D eigenvalue weighted by Gasteiger charge is 2.17. The van der Waals surface area contributed by atoms with E-state index in [0.29, 0.717) is 17.4 Å². The topological polar surface area (TPSA) is 42.0 Å².